The Bertz CT molecular complexity index is 451. The molecule has 0 saturated carbocycles. The number of rotatable bonds is 8. The lowest BCUT2D eigenvalue weighted by Crippen LogP contribution is -2.49. The second kappa shape index (κ2) is 13.7. The van der Waals surface area contributed by atoms with Gasteiger partial charge in [-0.05, 0) is 6.92 Å². The fourth-order valence-corrected chi connectivity index (χ4v) is 3.09. The average molecular weight is 386 g/mol. The summed E-state index contributed by atoms with van der Waals surface area (Å²) in [6, 6.07) is -0.00226. The summed E-state index contributed by atoms with van der Waals surface area (Å²) < 4.78 is 4.79. The number of methoxy groups -OCH3 is 1. The van der Waals surface area contributed by atoms with Gasteiger partial charge < -0.3 is 19.4 Å². The first-order valence-electron chi connectivity index (χ1n) is 9.50. The summed E-state index contributed by atoms with van der Waals surface area (Å²) in [6.45, 7) is 8.32. The van der Waals surface area contributed by atoms with E-state index < -0.39 is 0 Å². The van der Waals surface area contributed by atoms with E-state index in [0.717, 1.165) is 19.1 Å². The summed E-state index contributed by atoms with van der Waals surface area (Å²) >= 11 is 0. The van der Waals surface area contributed by atoms with Gasteiger partial charge in [0.05, 0.1) is 33.4 Å². The van der Waals surface area contributed by atoms with Crippen LogP contribution in [0.15, 0.2) is 0 Å². The Morgan fingerprint density at radius 1 is 0.926 bits per heavy atom. The molecule has 27 heavy (non-hydrogen) atoms. The molecule has 156 valence electrons. The van der Waals surface area contributed by atoms with Crippen LogP contribution in [0.25, 0.3) is 0 Å². The van der Waals surface area contributed by atoms with Crippen molar-refractivity contribution in [3.8, 4) is 0 Å². The first-order valence-corrected chi connectivity index (χ1v) is 9.50. The Labute approximate surface area is 161 Å². The Kier molecular flexibility index (Phi) is 12.0. The summed E-state index contributed by atoms with van der Waals surface area (Å²) in [4.78, 5) is 42.0. The highest BCUT2D eigenvalue weighted by atomic mass is 16.5. The zero-order valence-electron chi connectivity index (χ0n) is 16.6. The van der Waals surface area contributed by atoms with Crippen LogP contribution in [0.2, 0.25) is 0 Å². The fourth-order valence-electron chi connectivity index (χ4n) is 3.09. The Balaban J connectivity index is 2.86. The minimum atomic E-state index is -0.289. The molecule has 0 aliphatic carbocycles. The molecule has 0 spiro atoms. The summed E-state index contributed by atoms with van der Waals surface area (Å²) in [5, 5.41) is 9.55. The lowest BCUT2D eigenvalue weighted by Gasteiger charge is -2.35. The van der Waals surface area contributed by atoms with E-state index in [-0.39, 0.29) is 25.2 Å². The van der Waals surface area contributed by atoms with Crippen LogP contribution in [-0.2, 0) is 19.1 Å². The van der Waals surface area contributed by atoms with Crippen LogP contribution in [0.4, 0.5) is 0 Å². The van der Waals surface area contributed by atoms with E-state index in [2.05, 4.69) is 9.80 Å². The third-order valence-electron chi connectivity index (χ3n) is 5.01. The number of hydrogen-bond acceptors (Lipinski definition) is 9. The average Bonchev–Trinajstić information content (AvgIpc) is 2.67. The monoisotopic (exact) mass is 386 g/mol. The Morgan fingerprint density at radius 3 is 1.81 bits per heavy atom. The molecular formula is C18H34N4O5. The van der Waals surface area contributed by atoms with Crippen molar-refractivity contribution in [1.29, 1.82) is 0 Å². The first kappa shape index (κ1) is 23.6. The van der Waals surface area contributed by atoms with Crippen molar-refractivity contribution in [2.45, 2.75) is 13.0 Å². The van der Waals surface area contributed by atoms with Gasteiger partial charge in [-0.3, -0.25) is 24.4 Å². The zero-order chi connectivity index (χ0) is 20.1. The fraction of sp³-hybridized carbons (Fsp3) is 0.833. The van der Waals surface area contributed by atoms with Gasteiger partial charge in [-0.1, -0.05) is 0 Å². The molecule has 1 aliphatic rings. The largest absolute Gasteiger partial charge is 0.468 e. The first-order chi connectivity index (χ1) is 13.0. The van der Waals surface area contributed by atoms with Crippen molar-refractivity contribution in [2.75, 3.05) is 85.7 Å². The maximum atomic E-state index is 11.7. The Morgan fingerprint density at radius 2 is 1.37 bits per heavy atom. The second-order valence-electron chi connectivity index (χ2n) is 6.85. The molecule has 1 fully saturated rings. The molecule has 0 amide bonds. The van der Waals surface area contributed by atoms with Gasteiger partial charge in [-0.25, -0.2) is 0 Å². The molecule has 1 heterocycles. The lowest BCUT2D eigenvalue weighted by atomic mass is 10.2. The van der Waals surface area contributed by atoms with Gasteiger partial charge >= 0.3 is 5.97 Å². The van der Waals surface area contributed by atoms with Crippen LogP contribution in [0.3, 0.4) is 0 Å². The van der Waals surface area contributed by atoms with Gasteiger partial charge in [0.25, 0.3) is 0 Å². The molecule has 0 bridgehead atoms. The number of hydrogen-bond donors (Lipinski definition) is 1. The van der Waals surface area contributed by atoms with Crippen molar-refractivity contribution in [3.63, 3.8) is 0 Å². The molecule has 1 unspecified atom stereocenters. The van der Waals surface area contributed by atoms with Crippen molar-refractivity contribution in [1.82, 2.24) is 19.6 Å². The smallest absolute Gasteiger partial charge is 0.319 e. The number of carbonyl (C=O) groups excluding carboxylic acids is 3. The van der Waals surface area contributed by atoms with Crippen molar-refractivity contribution >= 4 is 18.5 Å². The van der Waals surface area contributed by atoms with Gasteiger partial charge in [0.15, 0.2) is 0 Å². The van der Waals surface area contributed by atoms with Crippen LogP contribution >= 0.6 is 0 Å². The molecule has 0 aromatic carbocycles. The number of aliphatic hydroxyl groups is 1. The van der Waals surface area contributed by atoms with Gasteiger partial charge in [0.1, 0.15) is 12.6 Å². The van der Waals surface area contributed by atoms with Crippen LogP contribution in [0.1, 0.15) is 6.92 Å². The van der Waals surface area contributed by atoms with Crippen LogP contribution < -0.4 is 0 Å². The standard InChI is InChI=1S/C18H34N4O5/c1-17(16-25)22-9-7-20(12-14-24)4-3-19(11-13-23)5-6-21(8-10-22)15-18(26)27-2/h13-14,17,25H,3-12,15-16H2,1-2H3. The van der Waals surface area contributed by atoms with E-state index in [0.29, 0.717) is 58.9 Å². The highest BCUT2D eigenvalue weighted by molar-refractivity contribution is 5.71. The minimum absolute atomic E-state index is 0.00226. The molecule has 1 rings (SSSR count). The second-order valence-corrected chi connectivity index (χ2v) is 6.85. The number of carbonyl (C=O) groups is 3. The summed E-state index contributed by atoms with van der Waals surface area (Å²) in [5.74, 6) is -0.289. The van der Waals surface area contributed by atoms with Crippen molar-refractivity contribution < 1.29 is 24.2 Å². The number of esters is 1. The maximum Gasteiger partial charge on any atom is 0.319 e. The van der Waals surface area contributed by atoms with Crippen molar-refractivity contribution in [2.24, 2.45) is 0 Å². The summed E-state index contributed by atoms with van der Waals surface area (Å²) in [7, 11) is 1.37. The third-order valence-corrected chi connectivity index (χ3v) is 5.01. The number of ether oxygens (including phenoxy) is 1. The predicted molar refractivity (Wildman–Crippen MR) is 102 cm³/mol. The Hall–Kier alpha value is -1.39. The molecule has 1 saturated heterocycles. The van der Waals surface area contributed by atoms with Gasteiger partial charge in [-0.2, -0.15) is 0 Å². The van der Waals surface area contributed by atoms with Crippen LogP contribution in [0.5, 0.6) is 0 Å². The number of aliphatic hydroxyl groups excluding tert-OH is 1. The van der Waals surface area contributed by atoms with Crippen LogP contribution in [-0.4, -0.2) is 135 Å². The van der Waals surface area contributed by atoms with E-state index in [4.69, 9.17) is 4.74 Å². The minimum Gasteiger partial charge on any atom is -0.468 e. The lowest BCUT2D eigenvalue weighted by molar-refractivity contribution is -0.142. The SMILES string of the molecule is COC(=O)CN1CCN(CC=O)CCN(CC=O)CCN(C(C)CO)CC1. The topological polar surface area (TPSA) is 93.6 Å². The quantitative estimate of drug-likeness (QED) is 0.381. The predicted octanol–water partition coefficient (Wildman–Crippen LogP) is -1.84. The summed E-state index contributed by atoms with van der Waals surface area (Å²) in [5.41, 5.74) is 0. The van der Waals surface area contributed by atoms with Gasteiger partial charge in [-0.15, -0.1) is 0 Å². The molecule has 9 nitrogen and oxygen atoms in total. The van der Waals surface area contributed by atoms with E-state index in [1.165, 1.54) is 7.11 Å². The van der Waals surface area contributed by atoms with Gasteiger partial charge in [0.2, 0.25) is 0 Å². The normalized spacial score (nSPS) is 21.0. The van der Waals surface area contributed by atoms with Crippen molar-refractivity contribution in [3.05, 3.63) is 0 Å². The molecule has 1 N–H and O–H groups in total. The highest BCUT2D eigenvalue weighted by Crippen LogP contribution is 2.04. The highest BCUT2D eigenvalue weighted by Gasteiger charge is 2.20. The van der Waals surface area contributed by atoms with E-state index >= 15 is 0 Å². The molecule has 1 aliphatic heterocycles. The third kappa shape index (κ3) is 9.39. The number of nitrogens with zero attached hydrogens (tertiary/aromatic N) is 4. The van der Waals surface area contributed by atoms with E-state index in [1.807, 2.05) is 16.7 Å². The van der Waals surface area contributed by atoms with E-state index in [9.17, 15) is 19.5 Å². The molecular weight excluding hydrogens is 352 g/mol. The molecule has 1 atom stereocenters. The molecule has 9 heteroatoms. The maximum absolute atomic E-state index is 11.7. The zero-order valence-corrected chi connectivity index (χ0v) is 16.6. The summed E-state index contributed by atoms with van der Waals surface area (Å²) in [6.07, 6.45) is 1.78. The molecule has 0 radical (unpaired) electrons. The molecule has 0 aromatic heterocycles. The van der Waals surface area contributed by atoms with Gasteiger partial charge in [0, 0.05) is 58.4 Å². The molecule has 0 aromatic rings. The van der Waals surface area contributed by atoms with Crippen LogP contribution in [0, 0.1) is 0 Å². The van der Waals surface area contributed by atoms with E-state index in [1.54, 1.807) is 0 Å². The number of aldehydes is 2.